The Labute approximate surface area is 226 Å². The van der Waals surface area contributed by atoms with Gasteiger partial charge in [-0.3, -0.25) is 9.10 Å². The summed E-state index contributed by atoms with van der Waals surface area (Å²) < 4.78 is 64.8. The zero-order valence-corrected chi connectivity index (χ0v) is 23.0. The predicted octanol–water partition coefficient (Wildman–Crippen LogP) is 2.74. The molecule has 3 aromatic carbocycles. The third-order valence-electron chi connectivity index (χ3n) is 5.69. The van der Waals surface area contributed by atoms with Gasteiger partial charge in [-0.05, 0) is 54.6 Å². The van der Waals surface area contributed by atoms with Gasteiger partial charge in [0, 0.05) is 19.1 Å². The molecule has 10 nitrogen and oxygen atoms in total. The van der Waals surface area contributed by atoms with Crippen molar-refractivity contribution >= 4 is 43.2 Å². The molecule has 1 aliphatic rings. The third kappa shape index (κ3) is 5.88. The molecule has 0 saturated carbocycles. The number of nitrogens with one attached hydrogen (secondary N) is 1. The number of rotatable bonds is 9. The normalized spacial score (nSPS) is 15.5. The first-order chi connectivity index (χ1) is 18.0. The monoisotopic (exact) mass is 579 g/mol. The molecule has 0 saturated heterocycles. The Hall–Kier alpha value is -3.32. The summed E-state index contributed by atoms with van der Waals surface area (Å²) in [6, 6.07) is 18.4. The smallest absolute Gasteiger partial charge is 0.264 e. The highest BCUT2D eigenvalue weighted by Gasteiger charge is 2.37. The molecule has 0 fully saturated rings. The molecule has 1 N–H and O–H groups in total. The van der Waals surface area contributed by atoms with Gasteiger partial charge in [-0.25, -0.2) is 21.1 Å². The Balaban J connectivity index is 1.41. The fourth-order valence-corrected chi connectivity index (χ4v) is 6.24. The molecule has 1 heterocycles. The van der Waals surface area contributed by atoms with Crippen LogP contribution in [0.15, 0.2) is 82.6 Å². The summed E-state index contributed by atoms with van der Waals surface area (Å²) in [7, 11) is -4.65. The van der Waals surface area contributed by atoms with Crippen molar-refractivity contribution < 1.29 is 31.1 Å². The second kappa shape index (κ2) is 11.2. The summed E-state index contributed by atoms with van der Waals surface area (Å²) in [6.45, 7) is -0.0507. The molecule has 13 heteroatoms. The minimum atomic E-state index is -4.00. The van der Waals surface area contributed by atoms with Crippen LogP contribution in [0.25, 0.3) is 0 Å². The topological polar surface area (TPSA) is 122 Å². The molecule has 0 radical (unpaired) electrons. The lowest BCUT2D eigenvalue weighted by Crippen LogP contribution is -2.51. The van der Waals surface area contributed by atoms with Crippen LogP contribution in [-0.2, 0) is 24.8 Å². The van der Waals surface area contributed by atoms with Gasteiger partial charge in [-0.15, -0.1) is 0 Å². The Kier molecular flexibility index (Phi) is 8.16. The van der Waals surface area contributed by atoms with E-state index in [0.29, 0.717) is 10.8 Å². The van der Waals surface area contributed by atoms with Gasteiger partial charge in [-0.1, -0.05) is 29.8 Å². The van der Waals surface area contributed by atoms with Gasteiger partial charge in [0.25, 0.3) is 15.9 Å². The number of anilines is 1. The number of fused-ring (bicyclic) bond motifs is 1. The molecular formula is C25H26ClN3O7S2. The number of hydrogen-bond donors (Lipinski definition) is 1. The van der Waals surface area contributed by atoms with Crippen LogP contribution in [0.4, 0.5) is 5.69 Å². The van der Waals surface area contributed by atoms with Gasteiger partial charge < -0.3 is 14.8 Å². The van der Waals surface area contributed by atoms with E-state index < -0.39 is 32.1 Å². The van der Waals surface area contributed by atoms with Crippen molar-refractivity contribution in [1.29, 1.82) is 0 Å². The molecule has 1 aliphatic heterocycles. The van der Waals surface area contributed by atoms with Crippen molar-refractivity contribution in [3.05, 3.63) is 77.8 Å². The summed E-state index contributed by atoms with van der Waals surface area (Å²) in [5.74, 6) is 0.121. The van der Waals surface area contributed by atoms with Gasteiger partial charge in [0.05, 0.1) is 28.6 Å². The Morgan fingerprint density at radius 3 is 2.37 bits per heavy atom. The maximum absolute atomic E-state index is 13.4. The lowest BCUT2D eigenvalue weighted by Gasteiger charge is -2.34. The van der Waals surface area contributed by atoms with Gasteiger partial charge in [0.2, 0.25) is 10.0 Å². The molecule has 0 aromatic heterocycles. The van der Waals surface area contributed by atoms with E-state index in [-0.39, 0.29) is 40.9 Å². The number of carbonyl (C=O) groups is 1. The van der Waals surface area contributed by atoms with E-state index in [2.05, 4.69) is 5.32 Å². The van der Waals surface area contributed by atoms with Crippen LogP contribution in [0.1, 0.15) is 0 Å². The maximum atomic E-state index is 13.4. The summed E-state index contributed by atoms with van der Waals surface area (Å²) in [5.41, 5.74) is 0.244. The van der Waals surface area contributed by atoms with Crippen LogP contribution < -0.4 is 19.1 Å². The third-order valence-corrected chi connectivity index (χ3v) is 9.54. The van der Waals surface area contributed by atoms with Crippen LogP contribution in [0, 0.1) is 0 Å². The predicted molar refractivity (Wildman–Crippen MR) is 143 cm³/mol. The minimum absolute atomic E-state index is 0.0739. The van der Waals surface area contributed by atoms with Gasteiger partial charge in [-0.2, -0.15) is 0 Å². The van der Waals surface area contributed by atoms with Crippen molar-refractivity contribution in [1.82, 2.24) is 9.62 Å². The molecule has 1 amide bonds. The quantitative estimate of drug-likeness (QED) is 0.387. The average molecular weight is 580 g/mol. The van der Waals surface area contributed by atoms with Crippen molar-refractivity contribution in [2.45, 2.75) is 15.9 Å². The number of benzene rings is 3. The van der Waals surface area contributed by atoms with Crippen molar-refractivity contribution in [2.24, 2.45) is 0 Å². The number of halogens is 1. The number of ether oxygens (including phenoxy) is 2. The average Bonchev–Trinajstić information content (AvgIpc) is 2.91. The minimum Gasteiger partial charge on any atom is -0.492 e. The standard InChI is InChI=1S/C25H26ClN3O7S2/c1-28(2)37(31,32)21-11-9-19(10-12-21)35-15-14-27-25(30)24-17-29(22-16-18(26)8-13-23(22)36-24)38(33,34)20-6-4-3-5-7-20/h3-13,16,24H,14-15,17H2,1-2H3,(H,27,30)/t24-/m1/s1. The maximum Gasteiger partial charge on any atom is 0.264 e. The number of amides is 1. The molecular weight excluding hydrogens is 554 g/mol. The first kappa shape index (κ1) is 27.7. The number of nitrogens with zero attached hydrogens (tertiary/aromatic N) is 2. The Morgan fingerprint density at radius 1 is 1.03 bits per heavy atom. The molecule has 0 aliphatic carbocycles. The largest absolute Gasteiger partial charge is 0.492 e. The Morgan fingerprint density at radius 2 is 1.71 bits per heavy atom. The van der Waals surface area contributed by atoms with Crippen LogP contribution in [0.2, 0.25) is 5.02 Å². The summed E-state index contributed by atoms with van der Waals surface area (Å²) in [4.78, 5) is 13.1. The molecule has 0 spiro atoms. The molecule has 4 rings (SSSR count). The van der Waals surface area contributed by atoms with Crippen molar-refractivity contribution in [3.8, 4) is 11.5 Å². The van der Waals surface area contributed by atoms with E-state index in [0.717, 1.165) is 8.61 Å². The van der Waals surface area contributed by atoms with E-state index in [1.807, 2.05) is 0 Å². The molecule has 1 atom stereocenters. The van der Waals surface area contributed by atoms with Crippen molar-refractivity contribution in [2.75, 3.05) is 38.1 Å². The van der Waals surface area contributed by atoms with E-state index in [1.165, 1.54) is 62.6 Å². The highest BCUT2D eigenvalue weighted by molar-refractivity contribution is 7.92. The van der Waals surface area contributed by atoms with E-state index in [4.69, 9.17) is 21.1 Å². The van der Waals surface area contributed by atoms with Crippen LogP contribution in [0.3, 0.4) is 0 Å². The van der Waals surface area contributed by atoms with Gasteiger partial charge in [0.1, 0.15) is 18.1 Å². The second-order valence-electron chi connectivity index (χ2n) is 8.47. The first-order valence-electron chi connectivity index (χ1n) is 11.5. The lowest BCUT2D eigenvalue weighted by molar-refractivity contribution is -0.127. The van der Waals surface area contributed by atoms with Crippen molar-refractivity contribution in [3.63, 3.8) is 0 Å². The first-order valence-corrected chi connectivity index (χ1v) is 14.7. The zero-order valence-electron chi connectivity index (χ0n) is 20.6. The number of sulfonamides is 2. The summed E-state index contributed by atoms with van der Waals surface area (Å²) >= 11 is 6.11. The summed E-state index contributed by atoms with van der Waals surface area (Å²) in [5, 5.41) is 3.01. The number of hydrogen-bond acceptors (Lipinski definition) is 7. The molecule has 0 unspecified atom stereocenters. The fourth-order valence-electron chi connectivity index (χ4n) is 3.68. The highest BCUT2D eigenvalue weighted by Crippen LogP contribution is 2.38. The second-order valence-corrected chi connectivity index (χ2v) is 12.9. The van der Waals surface area contributed by atoms with Gasteiger partial charge >= 0.3 is 0 Å². The van der Waals surface area contributed by atoms with Crippen LogP contribution in [0.5, 0.6) is 11.5 Å². The molecule has 0 bridgehead atoms. The van der Waals surface area contributed by atoms with Crippen LogP contribution >= 0.6 is 11.6 Å². The Bertz CT molecular complexity index is 1510. The van der Waals surface area contributed by atoms with Gasteiger partial charge in [0.15, 0.2) is 6.10 Å². The number of carbonyl (C=O) groups excluding carboxylic acids is 1. The SMILES string of the molecule is CN(C)S(=O)(=O)c1ccc(OCCNC(=O)[C@H]2CN(S(=O)(=O)c3ccccc3)c3cc(Cl)ccc3O2)cc1. The lowest BCUT2D eigenvalue weighted by atomic mass is 10.2. The fraction of sp³-hybridized carbons (Fsp3) is 0.240. The molecule has 202 valence electrons. The summed E-state index contributed by atoms with van der Waals surface area (Å²) in [6.07, 6.45) is -1.11. The molecule has 3 aromatic rings. The molecule has 38 heavy (non-hydrogen) atoms. The zero-order chi connectivity index (χ0) is 27.5. The highest BCUT2D eigenvalue weighted by atomic mass is 35.5. The van der Waals surface area contributed by atoms with E-state index >= 15 is 0 Å². The van der Waals surface area contributed by atoms with Crippen LogP contribution in [-0.4, -0.2) is 66.9 Å². The van der Waals surface area contributed by atoms with E-state index in [1.54, 1.807) is 24.3 Å². The van der Waals surface area contributed by atoms with E-state index in [9.17, 15) is 21.6 Å².